The molecule has 0 atom stereocenters. The van der Waals surface area contributed by atoms with Crippen LogP contribution in [0.3, 0.4) is 0 Å². The van der Waals surface area contributed by atoms with E-state index < -0.39 is 0 Å². The molecule has 1 aliphatic heterocycles. The molecule has 2 heterocycles. The van der Waals surface area contributed by atoms with Crippen LogP contribution in [0.5, 0.6) is 0 Å². The summed E-state index contributed by atoms with van der Waals surface area (Å²) in [5, 5.41) is 9.02. The van der Waals surface area contributed by atoms with E-state index in [0.717, 1.165) is 50.5 Å². The van der Waals surface area contributed by atoms with Crippen molar-refractivity contribution in [3.05, 3.63) is 23.4 Å². The van der Waals surface area contributed by atoms with Crippen LogP contribution in [0.25, 0.3) is 0 Å². The number of hydrogen-bond donors (Lipinski definition) is 2. The van der Waals surface area contributed by atoms with Crippen LogP contribution in [0.1, 0.15) is 17.5 Å². The summed E-state index contributed by atoms with van der Waals surface area (Å²) in [6, 6.07) is 2.12. The van der Waals surface area contributed by atoms with E-state index in [0.29, 0.717) is 6.54 Å². The normalized spacial score (nSPS) is 17.5. The summed E-state index contributed by atoms with van der Waals surface area (Å²) in [5.41, 5.74) is 7.91. The van der Waals surface area contributed by atoms with Crippen LogP contribution in [-0.4, -0.2) is 54.3 Å². The minimum Gasteiger partial charge on any atom is -0.395 e. The highest BCUT2D eigenvalue weighted by molar-refractivity contribution is 5.47. The standard InChI is InChI=1S/C14H24N4O/c1-12-9-13(10-15)11-16-14(12)18-4-2-3-17(5-6-18)7-8-19/h9,11,19H,2-8,10,15H2,1H3. The van der Waals surface area contributed by atoms with Crippen LogP contribution in [0.2, 0.25) is 0 Å². The van der Waals surface area contributed by atoms with Crippen molar-refractivity contribution in [2.24, 2.45) is 5.73 Å². The molecule has 1 aromatic heterocycles. The minimum absolute atomic E-state index is 0.239. The Hall–Kier alpha value is -1.17. The molecule has 0 saturated carbocycles. The van der Waals surface area contributed by atoms with Gasteiger partial charge >= 0.3 is 0 Å². The molecule has 19 heavy (non-hydrogen) atoms. The number of aliphatic hydroxyl groups is 1. The van der Waals surface area contributed by atoms with Crippen LogP contribution in [0.4, 0.5) is 5.82 Å². The van der Waals surface area contributed by atoms with Gasteiger partial charge in [0.05, 0.1) is 6.61 Å². The Bertz CT molecular complexity index is 410. The van der Waals surface area contributed by atoms with Gasteiger partial charge < -0.3 is 15.7 Å². The summed E-state index contributed by atoms with van der Waals surface area (Å²) in [6.45, 7) is 7.68. The van der Waals surface area contributed by atoms with Crippen molar-refractivity contribution >= 4 is 5.82 Å². The lowest BCUT2D eigenvalue weighted by Crippen LogP contribution is -2.33. The van der Waals surface area contributed by atoms with Crippen molar-refractivity contribution in [3.8, 4) is 0 Å². The van der Waals surface area contributed by atoms with Gasteiger partial charge in [-0.2, -0.15) is 0 Å². The third kappa shape index (κ3) is 3.65. The van der Waals surface area contributed by atoms with E-state index in [-0.39, 0.29) is 6.61 Å². The molecule has 0 unspecified atom stereocenters. The molecular weight excluding hydrogens is 240 g/mol. The average molecular weight is 264 g/mol. The molecule has 0 bridgehead atoms. The second-order valence-electron chi connectivity index (χ2n) is 5.09. The molecule has 5 heteroatoms. The number of anilines is 1. The van der Waals surface area contributed by atoms with Gasteiger partial charge in [0.1, 0.15) is 5.82 Å². The van der Waals surface area contributed by atoms with Crippen molar-refractivity contribution in [3.63, 3.8) is 0 Å². The van der Waals surface area contributed by atoms with E-state index in [9.17, 15) is 0 Å². The summed E-state index contributed by atoms with van der Waals surface area (Å²) in [4.78, 5) is 9.21. The van der Waals surface area contributed by atoms with Crippen molar-refractivity contribution in [2.75, 3.05) is 44.2 Å². The Labute approximate surface area is 115 Å². The second kappa shape index (κ2) is 6.84. The molecule has 5 nitrogen and oxygen atoms in total. The van der Waals surface area contributed by atoms with Crippen LogP contribution in [-0.2, 0) is 6.54 Å². The molecule has 2 rings (SSSR count). The Balaban J connectivity index is 2.05. The maximum Gasteiger partial charge on any atom is 0.131 e. The first-order valence-electron chi connectivity index (χ1n) is 6.98. The Morgan fingerprint density at radius 2 is 2.16 bits per heavy atom. The van der Waals surface area contributed by atoms with Gasteiger partial charge in [-0.05, 0) is 37.1 Å². The van der Waals surface area contributed by atoms with Crippen LogP contribution in [0.15, 0.2) is 12.3 Å². The maximum atomic E-state index is 9.02. The molecule has 1 aromatic rings. The first-order chi connectivity index (χ1) is 9.24. The molecule has 1 aliphatic rings. The first kappa shape index (κ1) is 14.2. The molecule has 0 aromatic carbocycles. The molecule has 0 aliphatic carbocycles. The number of nitrogens with zero attached hydrogens (tertiary/aromatic N) is 3. The van der Waals surface area contributed by atoms with Crippen molar-refractivity contribution in [1.82, 2.24) is 9.88 Å². The highest BCUT2D eigenvalue weighted by atomic mass is 16.3. The molecule has 106 valence electrons. The largest absolute Gasteiger partial charge is 0.395 e. The third-order valence-corrected chi connectivity index (χ3v) is 3.65. The maximum absolute atomic E-state index is 9.02. The molecule has 3 N–H and O–H groups in total. The fourth-order valence-corrected chi connectivity index (χ4v) is 2.62. The number of aromatic nitrogens is 1. The molecule has 0 radical (unpaired) electrons. The van der Waals surface area contributed by atoms with E-state index in [2.05, 4.69) is 27.8 Å². The number of hydrogen-bond acceptors (Lipinski definition) is 5. The zero-order valence-corrected chi connectivity index (χ0v) is 11.7. The summed E-state index contributed by atoms with van der Waals surface area (Å²) in [7, 11) is 0. The minimum atomic E-state index is 0.239. The fourth-order valence-electron chi connectivity index (χ4n) is 2.62. The monoisotopic (exact) mass is 264 g/mol. The van der Waals surface area contributed by atoms with Crippen molar-refractivity contribution in [2.45, 2.75) is 19.9 Å². The van der Waals surface area contributed by atoms with E-state index in [1.54, 1.807) is 0 Å². The number of pyridine rings is 1. The third-order valence-electron chi connectivity index (χ3n) is 3.65. The topological polar surface area (TPSA) is 65.6 Å². The molecular formula is C14H24N4O. The highest BCUT2D eigenvalue weighted by Gasteiger charge is 2.17. The molecule has 1 saturated heterocycles. The van der Waals surface area contributed by atoms with Crippen molar-refractivity contribution < 1.29 is 5.11 Å². The number of nitrogens with two attached hydrogens (primary N) is 1. The molecule has 1 fully saturated rings. The summed E-state index contributed by atoms with van der Waals surface area (Å²) < 4.78 is 0. The predicted molar refractivity (Wildman–Crippen MR) is 77.2 cm³/mol. The van der Waals surface area contributed by atoms with Gasteiger partial charge in [0.15, 0.2) is 0 Å². The van der Waals surface area contributed by atoms with Crippen LogP contribution in [0, 0.1) is 6.92 Å². The first-order valence-corrected chi connectivity index (χ1v) is 6.98. The Kier molecular flexibility index (Phi) is 5.13. The van der Waals surface area contributed by atoms with Crippen LogP contribution >= 0.6 is 0 Å². The van der Waals surface area contributed by atoms with Gasteiger partial charge in [0, 0.05) is 38.9 Å². The van der Waals surface area contributed by atoms with Gasteiger partial charge in [-0.15, -0.1) is 0 Å². The molecule has 0 spiro atoms. The van der Waals surface area contributed by atoms with E-state index >= 15 is 0 Å². The lowest BCUT2D eigenvalue weighted by atomic mass is 10.2. The zero-order valence-electron chi connectivity index (χ0n) is 11.7. The van der Waals surface area contributed by atoms with E-state index in [4.69, 9.17) is 10.8 Å². The number of aryl methyl sites for hydroxylation is 1. The number of aliphatic hydroxyl groups excluding tert-OH is 1. The smallest absolute Gasteiger partial charge is 0.131 e. The quantitative estimate of drug-likeness (QED) is 0.821. The molecule has 0 amide bonds. The van der Waals surface area contributed by atoms with Gasteiger partial charge in [0.2, 0.25) is 0 Å². The van der Waals surface area contributed by atoms with Crippen LogP contribution < -0.4 is 10.6 Å². The zero-order chi connectivity index (χ0) is 13.7. The Morgan fingerprint density at radius 3 is 2.84 bits per heavy atom. The number of β-amino-alcohol motifs (C(OH)–C–C–N with tert-alkyl or cyclic N) is 1. The van der Waals surface area contributed by atoms with E-state index in [1.165, 1.54) is 5.56 Å². The van der Waals surface area contributed by atoms with Gasteiger partial charge in [-0.3, -0.25) is 4.90 Å². The van der Waals surface area contributed by atoms with Gasteiger partial charge in [-0.1, -0.05) is 0 Å². The lowest BCUT2D eigenvalue weighted by Gasteiger charge is -2.24. The highest BCUT2D eigenvalue weighted by Crippen LogP contribution is 2.19. The second-order valence-corrected chi connectivity index (χ2v) is 5.09. The van der Waals surface area contributed by atoms with Crippen molar-refractivity contribution in [1.29, 1.82) is 0 Å². The summed E-state index contributed by atoms with van der Waals surface area (Å²) in [6.07, 6.45) is 2.98. The number of rotatable bonds is 4. The Morgan fingerprint density at radius 1 is 1.32 bits per heavy atom. The lowest BCUT2D eigenvalue weighted by molar-refractivity contribution is 0.204. The summed E-state index contributed by atoms with van der Waals surface area (Å²) >= 11 is 0. The SMILES string of the molecule is Cc1cc(CN)cnc1N1CCCN(CCO)CC1. The van der Waals surface area contributed by atoms with E-state index in [1.807, 2.05) is 6.20 Å². The predicted octanol–water partition coefficient (Wildman–Crippen LogP) is 0.353. The van der Waals surface area contributed by atoms with Gasteiger partial charge in [-0.25, -0.2) is 4.98 Å². The average Bonchev–Trinajstić information content (AvgIpc) is 2.65. The summed E-state index contributed by atoms with van der Waals surface area (Å²) in [5.74, 6) is 1.07. The fraction of sp³-hybridized carbons (Fsp3) is 0.643. The van der Waals surface area contributed by atoms with Gasteiger partial charge in [0.25, 0.3) is 0 Å².